The van der Waals surface area contributed by atoms with Crippen molar-refractivity contribution in [1.29, 1.82) is 0 Å². The van der Waals surface area contributed by atoms with E-state index in [0.29, 0.717) is 6.10 Å². The summed E-state index contributed by atoms with van der Waals surface area (Å²) in [7, 11) is 1.92. The molecule has 3 atom stereocenters. The maximum absolute atomic E-state index is 5.75. The van der Waals surface area contributed by atoms with Crippen molar-refractivity contribution in [2.75, 3.05) is 39.8 Å². The molecule has 0 spiro atoms. The van der Waals surface area contributed by atoms with Gasteiger partial charge in [-0.3, -0.25) is 9.89 Å². The van der Waals surface area contributed by atoms with E-state index in [4.69, 9.17) is 4.74 Å². The molecule has 1 N–H and O–H groups in total. The molecule has 3 aliphatic heterocycles. The van der Waals surface area contributed by atoms with E-state index in [2.05, 4.69) is 50.4 Å². The zero-order valence-electron chi connectivity index (χ0n) is 17.8. The Morgan fingerprint density at radius 3 is 2.76 bits per heavy atom. The summed E-state index contributed by atoms with van der Waals surface area (Å²) in [6.07, 6.45) is 7.86. The fourth-order valence-corrected chi connectivity index (χ4v) is 5.26. The fourth-order valence-electron chi connectivity index (χ4n) is 5.26. The molecule has 6 heteroatoms. The molecule has 0 radical (unpaired) electrons. The topological polar surface area (TPSA) is 40.1 Å². The fraction of sp³-hybridized carbons (Fsp3) is 0.696. The number of hydrogen-bond acceptors (Lipinski definition) is 3. The van der Waals surface area contributed by atoms with Gasteiger partial charge in [-0.2, -0.15) is 0 Å². The average molecular weight is 512 g/mol. The molecule has 5 nitrogen and oxygen atoms in total. The first kappa shape index (κ1) is 22.8. The van der Waals surface area contributed by atoms with Crippen molar-refractivity contribution in [2.45, 2.75) is 57.2 Å². The summed E-state index contributed by atoms with van der Waals surface area (Å²) in [5, 5.41) is 3.59. The number of nitrogens with one attached hydrogen (secondary N) is 1. The molecule has 29 heavy (non-hydrogen) atoms. The molecule has 4 rings (SSSR count). The van der Waals surface area contributed by atoms with Gasteiger partial charge in [-0.15, -0.1) is 24.0 Å². The van der Waals surface area contributed by atoms with Crippen LogP contribution in [0.15, 0.2) is 35.3 Å². The van der Waals surface area contributed by atoms with Crippen LogP contribution in [0.3, 0.4) is 0 Å². The van der Waals surface area contributed by atoms with Gasteiger partial charge in [-0.1, -0.05) is 30.3 Å². The van der Waals surface area contributed by atoms with E-state index >= 15 is 0 Å². The van der Waals surface area contributed by atoms with E-state index in [9.17, 15) is 0 Å². The van der Waals surface area contributed by atoms with Crippen LogP contribution in [0.1, 0.15) is 44.1 Å². The Hall–Kier alpha value is -0.860. The van der Waals surface area contributed by atoms with Gasteiger partial charge in [0, 0.05) is 45.9 Å². The van der Waals surface area contributed by atoms with Gasteiger partial charge < -0.3 is 15.0 Å². The highest BCUT2D eigenvalue weighted by molar-refractivity contribution is 14.0. The van der Waals surface area contributed by atoms with Crippen LogP contribution < -0.4 is 5.32 Å². The van der Waals surface area contributed by atoms with Gasteiger partial charge in [-0.05, 0) is 56.6 Å². The molecule has 162 valence electrons. The molecule has 0 amide bonds. The van der Waals surface area contributed by atoms with Crippen molar-refractivity contribution >= 4 is 29.9 Å². The van der Waals surface area contributed by atoms with Crippen LogP contribution in [0.4, 0.5) is 0 Å². The van der Waals surface area contributed by atoms with E-state index in [1.807, 2.05) is 7.05 Å². The molecule has 1 aromatic rings. The zero-order chi connectivity index (χ0) is 19.2. The second-order valence-electron chi connectivity index (χ2n) is 8.56. The summed E-state index contributed by atoms with van der Waals surface area (Å²) < 4.78 is 5.75. The molecule has 3 fully saturated rings. The van der Waals surface area contributed by atoms with Gasteiger partial charge in [0.05, 0.1) is 6.10 Å². The number of halogens is 1. The van der Waals surface area contributed by atoms with E-state index in [1.54, 1.807) is 0 Å². The van der Waals surface area contributed by atoms with E-state index < -0.39 is 0 Å². The van der Waals surface area contributed by atoms with Gasteiger partial charge in [-0.25, -0.2) is 0 Å². The maximum Gasteiger partial charge on any atom is 0.193 e. The number of hydrogen-bond donors (Lipinski definition) is 1. The highest BCUT2D eigenvalue weighted by Gasteiger charge is 2.36. The Morgan fingerprint density at radius 2 is 2.00 bits per heavy atom. The van der Waals surface area contributed by atoms with Gasteiger partial charge in [0.15, 0.2) is 5.96 Å². The van der Waals surface area contributed by atoms with Crippen molar-refractivity contribution in [3.8, 4) is 0 Å². The van der Waals surface area contributed by atoms with Crippen LogP contribution in [0, 0.1) is 5.92 Å². The number of rotatable bonds is 5. The molecule has 0 saturated carbocycles. The summed E-state index contributed by atoms with van der Waals surface area (Å²) in [5.74, 6) is 1.83. The van der Waals surface area contributed by atoms with Crippen LogP contribution >= 0.6 is 24.0 Å². The molecule has 0 aromatic heterocycles. The molecule has 3 saturated heterocycles. The lowest BCUT2D eigenvalue weighted by Gasteiger charge is -2.48. The number of piperidine rings is 2. The van der Waals surface area contributed by atoms with Crippen LogP contribution in [-0.2, 0) is 11.3 Å². The predicted octanol–water partition coefficient (Wildman–Crippen LogP) is 3.74. The van der Waals surface area contributed by atoms with E-state index in [0.717, 1.165) is 57.1 Å². The van der Waals surface area contributed by atoms with Crippen LogP contribution in [0.5, 0.6) is 0 Å². The number of guanidine groups is 1. The van der Waals surface area contributed by atoms with Gasteiger partial charge in [0.25, 0.3) is 0 Å². The largest absolute Gasteiger partial charge is 0.378 e. The standard InChI is InChI=1S/C23H36N4O.HI/c1-24-23(25-13-11-21-10-6-16-28-21)27-15-12-22-20(18-27)9-5-14-26(22)17-19-7-3-2-4-8-19;/h2-4,7-8,20-22H,5-6,9-18H2,1H3,(H,24,25);1H. The maximum atomic E-state index is 5.75. The van der Waals surface area contributed by atoms with Gasteiger partial charge in [0.2, 0.25) is 0 Å². The third-order valence-electron chi connectivity index (χ3n) is 6.70. The van der Waals surface area contributed by atoms with E-state index in [1.165, 1.54) is 44.2 Å². The second-order valence-corrected chi connectivity index (χ2v) is 8.56. The molecule has 1 aromatic carbocycles. The van der Waals surface area contributed by atoms with Gasteiger partial charge in [0.1, 0.15) is 0 Å². The quantitative estimate of drug-likeness (QED) is 0.371. The Bertz CT molecular complexity index is 635. The monoisotopic (exact) mass is 512 g/mol. The summed E-state index contributed by atoms with van der Waals surface area (Å²) in [4.78, 5) is 9.80. The number of nitrogens with zero attached hydrogens (tertiary/aromatic N) is 3. The zero-order valence-corrected chi connectivity index (χ0v) is 20.1. The van der Waals surface area contributed by atoms with Crippen LogP contribution in [0.25, 0.3) is 0 Å². The van der Waals surface area contributed by atoms with Gasteiger partial charge >= 0.3 is 0 Å². The number of fused-ring (bicyclic) bond motifs is 1. The lowest BCUT2D eigenvalue weighted by Crippen LogP contribution is -2.56. The number of ether oxygens (including phenoxy) is 1. The Morgan fingerprint density at radius 1 is 1.14 bits per heavy atom. The summed E-state index contributed by atoms with van der Waals surface area (Å²) in [6.45, 7) is 6.47. The summed E-state index contributed by atoms with van der Waals surface area (Å²) in [5.41, 5.74) is 1.44. The summed E-state index contributed by atoms with van der Waals surface area (Å²) >= 11 is 0. The Labute approximate surface area is 193 Å². The lowest BCUT2D eigenvalue weighted by atomic mass is 9.83. The Balaban J connectivity index is 0.00000240. The minimum Gasteiger partial charge on any atom is -0.378 e. The smallest absolute Gasteiger partial charge is 0.193 e. The number of likely N-dealkylation sites (tertiary alicyclic amines) is 2. The van der Waals surface area contributed by atoms with Crippen molar-refractivity contribution in [3.63, 3.8) is 0 Å². The molecule has 3 heterocycles. The normalized spacial score (nSPS) is 28.0. The predicted molar refractivity (Wildman–Crippen MR) is 130 cm³/mol. The highest BCUT2D eigenvalue weighted by Crippen LogP contribution is 2.31. The third kappa shape index (κ3) is 6.07. The lowest BCUT2D eigenvalue weighted by molar-refractivity contribution is 0.0371. The number of benzene rings is 1. The summed E-state index contributed by atoms with van der Waals surface area (Å²) in [6, 6.07) is 11.7. The SMILES string of the molecule is CN=C(NCCC1CCCO1)N1CCC2C(CCCN2Cc2ccccc2)C1.I. The van der Waals surface area contributed by atoms with Crippen molar-refractivity contribution in [2.24, 2.45) is 10.9 Å². The molecule has 3 unspecified atom stereocenters. The second kappa shape index (κ2) is 11.5. The van der Waals surface area contributed by atoms with Crippen LogP contribution in [-0.4, -0.2) is 67.7 Å². The van der Waals surface area contributed by atoms with Crippen molar-refractivity contribution in [1.82, 2.24) is 15.1 Å². The first-order valence-electron chi connectivity index (χ1n) is 11.2. The minimum atomic E-state index is 0. The third-order valence-corrected chi connectivity index (χ3v) is 6.70. The minimum absolute atomic E-state index is 0. The van der Waals surface area contributed by atoms with Crippen LogP contribution in [0.2, 0.25) is 0 Å². The Kier molecular flexibility index (Phi) is 9.06. The molecule has 0 bridgehead atoms. The average Bonchev–Trinajstić information content (AvgIpc) is 3.25. The van der Waals surface area contributed by atoms with Crippen molar-refractivity contribution < 1.29 is 4.74 Å². The highest BCUT2D eigenvalue weighted by atomic mass is 127. The first-order chi connectivity index (χ1) is 13.8. The van der Waals surface area contributed by atoms with E-state index in [-0.39, 0.29) is 24.0 Å². The van der Waals surface area contributed by atoms with Crippen molar-refractivity contribution in [3.05, 3.63) is 35.9 Å². The molecule has 3 aliphatic rings. The molecular weight excluding hydrogens is 475 g/mol. The number of aliphatic imine (C=N–C) groups is 1. The molecular formula is C23H37IN4O. The first-order valence-corrected chi connectivity index (χ1v) is 11.2. The molecule has 0 aliphatic carbocycles.